The molecule has 1 aliphatic rings. The Hall–Kier alpha value is -7.65. The maximum absolute atomic E-state index is 2.46. The molecule has 10 aromatic carbocycles. The van der Waals surface area contributed by atoms with Gasteiger partial charge in [-0.3, -0.25) is 0 Å². The van der Waals surface area contributed by atoms with Crippen LogP contribution in [0.5, 0.6) is 0 Å². The molecule has 300 valence electrons. The normalized spacial score (nSPS) is 12.8. The Bertz CT molecular complexity index is 2980. The van der Waals surface area contributed by atoms with E-state index in [1.54, 1.807) is 0 Å². The Morgan fingerprint density at radius 2 is 0.635 bits per heavy atom. The molecule has 0 heterocycles. The van der Waals surface area contributed by atoms with Crippen molar-refractivity contribution < 1.29 is 0 Å². The summed E-state index contributed by atoms with van der Waals surface area (Å²) in [5.74, 6) is 0. The molecule has 0 unspecified atom stereocenters. The molecule has 0 atom stereocenters. The molecular weight excluding hydrogens is 779 g/mol. The van der Waals surface area contributed by atoms with Gasteiger partial charge in [0.1, 0.15) is 0 Å². The van der Waals surface area contributed by atoms with Gasteiger partial charge in [0.05, 0.1) is 5.41 Å². The van der Waals surface area contributed by atoms with Crippen LogP contribution in [0.4, 0.5) is 17.1 Å². The summed E-state index contributed by atoms with van der Waals surface area (Å²) in [4.78, 5) is 7.64. The lowest BCUT2D eigenvalue weighted by Crippen LogP contribution is -2.28. The topological polar surface area (TPSA) is 3.24 Å². The standard InChI is InChI=1S/C61H45NS/c1-7-21-46(22-8-1)47-35-37-50(38-36-47)62(51-39-42-56(43-40-51)63(53-27-13-4-14-28-53,54-29-15-5-16-30-54)55-31-17-6-18-32-55)52-41-44-58-57-33-19-20-34-59(57)61(60(58)45-52,48-23-9-2-10-24-48)49-25-11-3-12-26-49/h1-45H. The van der Waals surface area contributed by atoms with Crippen LogP contribution >= 0.6 is 10.0 Å². The highest BCUT2D eigenvalue weighted by Crippen LogP contribution is 2.73. The first-order valence-corrected chi connectivity index (χ1v) is 23.3. The van der Waals surface area contributed by atoms with Gasteiger partial charge in [0.25, 0.3) is 0 Å². The van der Waals surface area contributed by atoms with Gasteiger partial charge < -0.3 is 4.90 Å². The smallest absolute Gasteiger partial charge is 0.0714 e. The van der Waals surface area contributed by atoms with Crippen molar-refractivity contribution in [1.29, 1.82) is 0 Å². The third-order valence-corrected chi connectivity index (χ3v) is 16.6. The molecule has 1 nitrogen and oxygen atoms in total. The van der Waals surface area contributed by atoms with Crippen LogP contribution in [0.3, 0.4) is 0 Å². The van der Waals surface area contributed by atoms with E-state index < -0.39 is 15.4 Å². The van der Waals surface area contributed by atoms with Crippen LogP contribution in [-0.2, 0) is 5.41 Å². The first kappa shape index (κ1) is 38.3. The molecule has 0 radical (unpaired) electrons. The van der Waals surface area contributed by atoms with E-state index in [4.69, 9.17) is 0 Å². The molecule has 1 aliphatic carbocycles. The number of fused-ring (bicyclic) bond motifs is 3. The van der Waals surface area contributed by atoms with Crippen molar-refractivity contribution >= 4 is 27.1 Å². The van der Waals surface area contributed by atoms with E-state index in [-0.39, 0.29) is 0 Å². The van der Waals surface area contributed by atoms with Crippen LogP contribution in [0, 0.1) is 0 Å². The molecule has 0 saturated carbocycles. The molecule has 63 heavy (non-hydrogen) atoms. The fraction of sp³-hybridized carbons (Fsp3) is 0.0164. The van der Waals surface area contributed by atoms with Gasteiger partial charge in [-0.2, -0.15) is 0 Å². The Kier molecular flexibility index (Phi) is 9.92. The average molecular weight is 824 g/mol. The number of benzene rings is 10. The Morgan fingerprint density at radius 3 is 1.14 bits per heavy atom. The van der Waals surface area contributed by atoms with E-state index in [0.717, 1.165) is 17.1 Å². The molecule has 0 bridgehead atoms. The molecule has 10 aromatic rings. The average Bonchev–Trinajstić information content (AvgIpc) is 3.67. The van der Waals surface area contributed by atoms with Crippen LogP contribution < -0.4 is 4.90 Å². The molecular formula is C61H45NS. The Balaban J connectivity index is 1.13. The summed E-state index contributed by atoms with van der Waals surface area (Å²) in [5.41, 5.74) is 12.8. The minimum absolute atomic E-state index is 0.513. The van der Waals surface area contributed by atoms with E-state index in [2.05, 4.69) is 278 Å². The van der Waals surface area contributed by atoms with Crippen LogP contribution in [0.25, 0.3) is 22.3 Å². The second kappa shape index (κ2) is 16.3. The van der Waals surface area contributed by atoms with E-state index >= 15 is 0 Å². The number of hydrogen-bond acceptors (Lipinski definition) is 1. The number of nitrogens with zero attached hydrogens (tertiary/aromatic N) is 1. The SMILES string of the molecule is c1ccc(-c2ccc(N(c3ccc(S(c4ccccc4)(c4ccccc4)c4ccccc4)cc3)c3ccc4c(c3)C(c3ccccc3)(c3ccccc3)c3ccccc3-4)cc2)cc1. The lowest BCUT2D eigenvalue weighted by Gasteiger charge is -2.42. The summed E-state index contributed by atoms with van der Waals surface area (Å²) in [7, 11) is -1.85. The summed E-state index contributed by atoms with van der Waals surface area (Å²) in [6.07, 6.45) is 0. The predicted molar refractivity (Wildman–Crippen MR) is 264 cm³/mol. The number of anilines is 3. The van der Waals surface area contributed by atoms with Gasteiger partial charge in [0, 0.05) is 36.6 Å². The zero-order valence-corrected chi connectivity index (χ0v) is 35.7. The number of hydrogen-bond donors (Lipinski definition) is 0. The van der Waals surface area contributed by atoms with Crippen molar-refractivity contribution in [3.63, 3.8) is 0 Å². The first-order valence-electron chi connectivity index (χ1n) is 21.7. The lowest BCUT2D eigenvalue weighted by molar-refractivity contribution is 0.768. The van der Waals surface area contributed by atoms with Crippen LogP contribution in [0.2, 0.25) is 0 Å². The fourth-order valence-electron chi connectivity index (χ4n) is 9.94. The summed E-state index contributed by atoms with van der Waals surface area (Å²) in [6.45, 7) is 0. The molecule has 0 N–H and O–H groups in total. The monoisotopic (exact) mass is 823 g/mol. The zero-order chi connectivity index (χ0) is 42.1. The minimum atomic E-state index is -1.85. The zero-order valence-electron chi connectivity index (χ0n) is 34.8. The van der Waals surface area contributed by atoms with Crippen LogP contribution in [-0.4, -0.2) is 0 Å². The van der Waals surface area contributed by atoms with Gasteiger partial charge in [-0.1, -0.05) is 188 Å². The summed E-state index contributed by atoms with van der Waals surface area (Å²) < 4.78 is 0. The van der Waals surface area contributed by atoms with Crippen molar-refractivity contribution in [2.24, 2.45) is 0 Å². The first-order chi connectivity index (χ1) is 31.3. The van der Waals surface area contributed by atoms with E-state index in [1.165, 1.54) is 64.1 Å². The van der Waals surface area contributed by atoms with Gasteiger partial charge in [0.2, 0.25) is 0 Å². The van der Waals surface area contributed by atoms with Crippen molar-refractivity contribution in [3.05, 3.63) is 295 Å². The van der Waals surface area contributed by atoms with Gasteiger partial charge in [-0.15, -0.1) is 10.0 Å². The van der Waals surface area contributed by atoms with Gasteiger partial charge >= 0.3 is 0 Å². The van der Waals surface area contributed by atoms with E-state index in [9.17, 15) is 0 Å². The van der Waals surface area contributed by atoms with Crippen LogP contribution in [0.1, 0.15) is 22.3 Å². The molecule has 0 amide bonds. The quantitative estimate of drug-likeness (QED) is 0.133. The number of rotatable bonds is 10. The predicted octanol–water partition coefficient (Wildman–Crippen LogP) is 16.5. The molecule has 2 heteroatoms. The summed E-state index contributed by atoms with van der Waals surface area (Å²) >= 11 is 0. The minimum Gasteiger partial charge on any atom is -0.310 e. The molecule has 0 spiro atoms. The van der Waals surface area contributed by atoms with Crippen LogP contribution in [0.15, 0.2) is 293 Å². The van der Waals surface area contributed by atoms with Crippen molar-refractivity contribution in [2.75, 3.05) is 4.90 Å². The Morgan fingerprint density at radius 1 is 0.270 bits per heavy atom. The van der Waals surface area contributed by atoms with Crippen molar-refractivity contribution in [3.8, 4) is 22.3 Å². The van der Waals surface area contributed by atoms with Crippen molar-refractivity contribution in [1.82, 2.24) is 0 Å². The fourth-order valence-corrected chi connectivity index (χ4v) is 13.8. The lowest BCUT2D eigenvalue weighted by atomic mass is 9.67. The highest BCUT2D eigenvalue weighted by molar-refractivity contribution is 8.34. The van der Waals surface area contributed by atoms with Gasteiger partial charge in [-0.25, -0.2) is 0 Å². The maximum atomic E-state index is 2.46. The van der Waals surface area contributed by atoms with E-state index in [0.29, 0.717) is 0 Å². The van der Waals surface area contributed by atoms with Crippen molar-refractivity contribution in [2.45, 2.75) is 25.0 Å². The largest absolute Gasteiger partial charge is 0.310 e. The third kappa shape index (κ3) is 6.42. The van der Waals surface area contributed by atoms with E-state index in [1.807, 2.05) is 0 Å². The summed E-state index contributed by atoms with van der Waals surface area (Å²) in [6, 6.07) is 101. The Labute approximate surface area is 372 Å². The highest BCUT2D eigenvalue weighted by atomic mass is 32.3. The van der Waals surface area contributed by atoms with Gasteiger partial charge in [-0.05, 0) is 129 Å². The molecule has 11 rings (SSSR count). The molecule has 0 fully saturated rings. The molecule has 0 saturated heterocycles. The summed E-state index contributed by atoms with van der Waals surface area (Å²) in [5, 5.41) is 0. The maximum Gasteiger partial charge on any atom is 0.0714 e. The third-order valence-electron chi connectivity index (χ3n) is 12.7. The van der Waals surface area contributed by atoms with Gasteiger partial charge in [0.15, 0.2) is 0 Å². The molecule has 0 aromatic heterocycles. The highest BCUT2D eigenvalue weighted by Gasteiger charge is 2.46. The second-order valence-electron chi connectivity index (χ2n) is 16.1. The molecule has 0 aliphatic heterocycles. The second-order valence-corrected chi connectivity index (χ2v) is 19.2.